The first-order valence-electron chi connectivity index (χ1n) is 6.46. The van der Waals surface area contributed by atoms with Crippen molar-refractivity contribution in [2.75, 3.05) is 12.5 Å². The number of nitrogens with one attached hydrogen (secondary N) is 1. The number of oxime groups is 1. The Kier molecular flexibility index (Phi) is 5.68. The van der Waals surface area contributed by atoms with E-state index in [2.05, 4.69) is 20.5 Å². The van der Waals surface area contributed by atoms with Gasteiger partial charge < -0.3 is 4.84 Å². The number of halogens is 1. The van der Waals surface area contributed by atoms with E-state index in [9.17, 15) is 4.79 Å². The summed E-state index contributed by atoms with van der Waals surface area (Å²) in [5.74, 6) is -0.261. The number of carbonyl (C=O) groups is 1. The van der Waals surface area contributed by atoms with Crippen molar-refractivity contribution in [1.82, 2.24) is 0 Å². The number of anilines is 1. The third-order valence-electron chi connectivity index (χ3n) is 2.70. The molecule has 2 rings (SSSR count). The summed E-state index contributed by atoms with van der Waals surface area (Å²) in [5.41, 5.74) is 4.14. The van der Waals surface area contributed by atoms with Gasteiger partial charge in [0, 0.05) is 10.6 Å². The maximum Gasteiger partial charge on any atom is 0.214 e. The van der Waals surface area contributed by atoms with Gasteiger partial charge in [-0.15, -0.1) is 0 Å². The van der Waals surface area contributed by atoms with Crippen LogP contribution in [-0.2, 0) is 4.84 Å². The predicted octanol–water partition coefficient (Wildman–Crippen LogP) is 3.62. The molecule has 0 aromatic heterocycles. The molecular formula is C16H14ClN3O2. The molecule has 2 aromatic carbocycles. The molecule has 0 spiro atoms. The van der Waals surface area contributed by atoms with Crippen LogP contribution in [0.4, 0.5) is 5.69 Å². The summed E-state index contributed by atoms with van der Waals surface area (Å²) in [4.78, 5) is 17.0. The Morgan fingerprint density at radius 3 is 2.45 bits per heavy atom. The lowest BCUT2D eigenvalue weighted by Gasteiger charge is -2.03. The van der Waals surface area contributed by atoms with Gasteiger partial charge in [-0.3, -0.25) is 10.2 Å². The maximum atomic E-state index is 12.4. The fourth-order valence-electron chi connectivity index (χ4n) is 1.63. The van der Waals surface area contributed by atoms with Crippen LogP contribution in [0.2, 0.25) is 5.02 Å². The number of hydrazone groups is 1. The van der Waals surface area contributed by atoms with Crippen molar-refractivity contribution < 1.29 is 9.63 Å². The first-order valence-corrected chi connectivity index (χ1v) is 6.84. The van der Waals surface area contributed by atoms with E-state index in [1.54, 1.807) is 48.5 Å². The van der Waals surface area contributed by atoms with E-state index in [1.807, 2.05) is 6.07 Å². The third kappa shape index (κ3) is 4.43. The van der Waals surface area contributed by atoms with Crippen molar-refractivity contribution >= 4 is 35.0 Å². The molecule has 1 N–H and O–H groups in total. The van der Waals surface area contributed by atoms with Gasteiger partial charge in [-0.1, -0.05) is 47.1 Å². The van der Waals surface area contributed by atoms with Crippen LogP contribution in [0.1, 0.15) is 10.4 Å². The van der Waals surface area contributed by atoms with Crippen LogP contribution in [0.25, 0.3) is 0 Å². The van der Waals surface area contributed by atoms with Crippen molar-refractivity contribution in [3.05, 3.63) is 65.2 Å². The van der Waals surface area contributed by atoms with Gasteiger partial charge in [0.25, 0.3) is 0 Å². The normalized spacial score (nSPS) is 11.5. The van der Waals surface area contributed by atoms with E-state index >= 15 is 0 Å². The summed E-state index contributed by atoms with van der Waals surface area (Å²) in [5, 5.41) is 8.31. The van der Waals surface area contributed by atoms with Crippen LogP contribution in [0.15, 0.2) is 64.9 Å². The van der Waals surface area contributed by atoms with Crippen molar-refractivity contribution in [1.29, 1.82) is 0 Å². The van der Waals surface area contributed by atoms with Gasteiger partial charge in [-0.05, 0) is 24.3 Å². The minimum absolute atomic E-state index is 0.128. The Morgan fingerprint density at radius 2 is 1.82 bits per heavy atom. The Balaban J connectivity index is 2.22. The fourth-order valence-corrected chi connectivity index (χ4v) is 1.75. The van der Waals surface area contributed by atoms with Crippen LogP contribution in [0.5, 0.6) is 0 Å². The summed E-state index contributed by atoms with van der Waals surface area (Å²) in [6.07, 6.45) is 1.26. The Hall–Kier alpha value is -2.66. The van der Waals surface area contributed by atoms with Crippen molar-refractivity contribution in [2.24, 2.45) is 10.3 Å². The van der Waals surface area contributed by atoms with Gasteiger partial charge in [-0.25, -0.2) is 0 Å². The molecule has 0 aliphatic carbocycles. The number of ketones is 1. The molecule has 0 saturated heterocycles. The molecule has 0 heterocycles. The van der Waals surface area contributed by atoms with E-state index in [1.165, 1.54) is 13.3 Å². The molecule has 22 heavy (non-hydrogen) atoms. The van der Waals surface area contributed by atoms with Gasteiger partial charge in [0.2, 0.25) is 5.78 Å². The quantitative estimate of drug-likeness (QED) is 0.503. The molecule has 0 fully saturated rings. The number of carbonyl (C=O) groups excluding carboxylic acids is 1. The summed E-state index contributed by atoms with van der Waals surface area (Å²) in [6, 6.07) is 15.8. The highest BCUT2D eigenvalue weighted by atomic mass is 35.5. The lowest BCUT2D eigenvalue weighted by atomic mass is 10.1. The average Bonchev–Trinajstić information content (AvgIpc) is 2.57. The second-order valence-corrected chi connectivity index (χ2v) is 4.66. The minimum Gasteiger partial charge on any atom is -0.399 e. The standard InChI is InChI=1S/C16H14ClN3O2/c1-22-18-11-15(16(21)12-5-3-2-4-6-12)20-19-14-9-7-13(17)8-10-14/h2-11,19H,1H3. The molecule has 2 aromatic rings. The molecule has 0 atom stereocenters. The van der Waals surface area contributed by atoms with E-state index in [4.69, 9.17) is 11.6 Å². The molecule has 0 aliphatic rings. The van der Waals surface area contributed by atoms with Crippen molar-refractivity contribution in [3.8, 4) is 0 Å². The highest BCUT2D eigenvalue weighted by Crippen LogP contribution is 2.13. The van der Waals surface area contributed by atoms with Crippen molar-refractivity contribution in [3.63, 3.8) is 0 Å². The van der Waals surface area contributed by atoms with Gasteiger partial charge in [0.05, 0.1) is 11.9 Å². The molecule has 6 heteroatoms. The monoisotopic (exact) mass is 315 g/mol. The van der Waals surface area contributed by atoms with Gasteiger partial charge in [0.15, 0.2) is 5.71 Å². The largest absolute Gasteiger partial charge is 0.399 e. The molecule has 0 amide bonds. The van der Waals surface area contributed by atoms with Gasteiger partial charge >= 0.3 is 0 Å². The fraction of sp³-hybridized carbons (Fsp3) is 0.0625. The Morgan fingerprint density at radius 1 is 1.14 bits per heavy atom. The Bertz CT molecular complexity index is 682. The number of benzene rings is 2. The first-order chi connectivity index (χ1) is 10.7. The number of Topliss-reactive ketones (excluding diaryl/α,β-unsaturated/α-hetero) is 1. The number of hydrogen-bond donors (Lipinski definition) is 1. The topological polar surface area (TPSA) is 63.1 Å². The number of hydrogen-bond acceptors (Lipinski definition) is 5. The molecule has 0 radical (unpaired) electrons. The zero-order valence-electron chi connectivity index (χ0n) is 11.9. The van der Waals surface area contributed by atoms with E-state index in [-0.39, 0.29) is 11.5 Å². The van der Waals surface area contributed by atoms with E-state index in [0.717, 1.165) is 0 Å². The lowest BCUT2D eigenvalue weighted by molar-refractivity contribution is 0.106. The maximum absolute atomic E-state index is 12.4. The molecule has 0 unspecified atom stereocenters. The van der Waals surface area contributed by atoms with E-state index in [0.29, 0.717) is 16.3 Å². The second kappa shape index (κ2) is 7.95. The zero-order chi connectivity index (χ0) is 15.8. The summed E-state index contributed by atoms with van der Waals surface area (Å²) in [6.45, 7) is 0. The second-order valence-electron chi connectivity index (χ2n) is 4.23. The van der Waals surface area contributed by atoms with Crippen LogP contribution in [0, 0.1) is 0 Å². The minimum atomic E-state index is -0.261. The third-order valence-corrected chi connectivity index (χ3v) is 2.95. The summed E-state index contributed by atoms with van der Waals surface area (Å²) < 4.78 is 0. The summed E-state index contributed by atoms with van der Waals surface area (Å²) >= 11 is 5.82. The van der Waals surface area contributed by atoms with Gasteiger partial charge in [-0.2, -0.15) is 5.10 Å². The smallest absolute Gasteiger partial charge is 0.214 e. The predicted molar refractivity (Wildman–Crippen MR) is 88.8 cm³/mol. The molecule has 0 aliphatic heterocycles. The average molecular weight is 316 g/mol. The summed E-state index contributed by atoms with van der Waals surface area (Å²) in [7, 11) is 1.40. The molecule has 5 nitrogen and oxygen atoms in total. The van der Waals surface area contributed by atoms with Crippen LogP contribution >= 0.6 is 11.6 Å². The lowest BCUT2D eigenvalue weighted by Crippen LogP contribution is -2.17. The number of rotatable bonds is 6. The SMILES string of the molecule is CON=CC(=NNc1ccc(Cl)cc1)C(=O)c1ccccc1. The van der Waals surface area contributed by atoms with Crippen LogP contribution in [0.3, 0.4) is 0 Å². The van der Waals surface area contributed by atoms with Crippen molar-refractivity contribution in [2.45, 2.75) is 0 Å². The molecule has 0 bridgehead atoms. The highest BCUT2D eigenvalue weighted by molar-refractivity contribution is 6.64. The molecule has 112 valence electrons. The van der Waals surface area contributed by atoms with E-state index < -0.39 is 0 Å². The highest BCUT2D eigenvalue weighted by Gasteiger charge is 2.12. The molecular weight excluding hydrogens is 302 g/mol. The Labute approximate surface area is 133 Å². The molecule has 0 saturated carbocycles. The first kappa shape index (κ1) is 15.7. The zero-order valence-corrected chi connectivity index (χ0v) is 12.6. The van der Waals surface area contributed by atoms with Crippen LogP contribution < -0.4 is 5.43 Å². The number of nitrogens with zero attached hydrogens (tertiary/aromatic N) is 2. The van der Waals surface area contributed by atoms with Crippen LogP contribution in [-0.4, -0.2) is 24.8 Å². The van der Waals surface area contributed by atoms with Gasteiger partial charge in [0.1, 0.15) is 7.11 Å².